The molecule has 0 aliphatic carbocycles. The molecule has 1 aliphatic heterocycles. The number of methoxy groups -OCH3 is 2. The highest BCUT2D eigenvalue weighted by atomic mass is 16.5. The van der Waals surface area contributed by atoms with E-state index in [0.29, 0.717) is 18.7 Å². The van der Waals surface area contributed by atoms with Gasteiger partial charge in [-0.1, -0.05) is 24.3 Å². The molecule has 0 radical (unpaired) electrons. The van der Waals surface area contributed by atoms with Crippen molar-refractivity contribution in [1.82, 2.24) is 15.1 Å². The Hall–Kier alpha value is -3.32. The second-order valence-corrected chi connectivity index (χ2v) is 7.38. The molecular weight excluding hydrogens is 380 g/mol. The molecule has 2 heterocycles. The number of aromatic nitrogens is 2. The number of hydrogen-bond donors (Lipinski definition) is 2. The number of rotatable bonds is 7. The number of nitrogens with zero attached hydrogens (tertiary/aromatic N) is 2. The van der Waals surface area contributed by atoms with Gasteiger partial charge in [-0.25, -0.2) is 0 Å². The quantitative estimate of drug-likeness (QED) is 0.629. The summed E-state index contributed by atoms with van der Waals surface area (Å²) in [7, 11) is 3.30. The van der Waals surface area contributed by atoms with Crippen molar-refractivity contribution < 1.29 is 14.3 Å². The second kappa shape index (κ2) is 8.59. The fraction of sp³-hybridized carbons (Fsp3) is 0.304. The van der Waals surface area contributed by atoms with Crippen LogP contribution in [-0.4, -0.2) is 36.5 Å². The molecule has 7 heteroatoms. The third kappa shape index (κ3) is 4.02. The number of carbonyl (C=O) groups is 1. The zero-order valence-corrected chi connectivity index (χ0v) is 17.2. The van der Waals surface area contributed by atoms with E-state index in [1.165, 1.54) is 5.56 Å². The smallest absolute Gasteiger partial charge is 0.269 e. The van der Waals surface area contributed by atoms with Gasteiger partial charge in [0.2, 0.25) is 0 Å². The summed E-state index contributed by atoms with van der Waals surface area (Å²) in [6, 6.07) is 15.9. The minimum atomic E-state index is -0.497. The van der Waals surface area contributed by atoms with Crippen LogP contribution in [0.5, 0.6) is 11.5 Å². The average molecular weight is 406 g/mol. The van der Waals surface area contributed by atoms with Gasteiger partial charge in [0.25, 0.3) is 5.91 Å². The zero-order valence-electron chi connectivity index (χ0n) is 17.2. The lowest BCUT2D eigenvalue weighted by Gasteiger charge is -2.27. The second-order valence-electron chi connectivity index (χ2n) is 7.38. The van der Waals surface area contributed by atoms with Gasteiger partial charge in [-0.2, -0.15) is 5.10 Å². The molecule has 1 aromatic heterocycles. The molecule has 7 nitrogen and oxygen atoms in total. The van der Waals surface area contributed by atoms with Crippen molar-refractivity contribution in [1.29, 1.82) is 0 Å². The van der Waals surface area contributed by atoms with Crippen LogP contribution in [0.3, 0.4) is 0 Å². The van der Waals surface area contributed by atoms with E-state index in [0.717, 1.165) is 41.3 Å². The predicted octanol–water partition coefficient (Wildman–Crippen LogP) is 2.48. The van der Waals surface area contributed by atoms with E-state index in [4.69, 9.17) is 15.2 Å². The zero-order chi connectivity index (χ0) is 21.1. The van der Waals surface area contributed by atoms with Crippen LogP contribution in [0.15, 0.2) is 48.5 Å². The number of fused-ring (bicyclic) bond motifs is 1. The normalized spacial score (nSPS) is 15.5. The van der Waals surface area contributed by atoms with Crippen LogP contribution in [0.25, 0.3) is 0 Å². The predicted molar refractivity (Wildman–Crippen MR) is 114 cm³/mol. The summed E-state index contributed by atoms with van der Waals surface area (Å²) in [5, 5.41) is 8.14. The summed E-state index contributed by atoms with van der Waals surface area (Å²) >= 11 is 0. The third-order valence-corrected chi connectivity index (χ3v) is 5.51. The summed E-state index contributed by atoms with van der Waals surface area (Å²) < 4.78 is 12.4. The molecule has 3 N–H and O–H groups in total. The monoisotopic (exact) mass is 406 g/mol. The Morgan fingerprint density at radius 3 is 2.23 bits per heavy atom. The molecule has 2 aromatic carbocycles. The molecule has 156 valence electrons. The van der Waals surface area contributed by atoms with Crippen molar-refractivity contribution in [2.45, 2.75) is 25.4 Å². The van der Waals surface area contributed by atoms with E-state index in [9.17, 15) is 4.79 Å². The standard InChI is InChI=1S/C23H26N4O3/c1-29-17-7-3-15(4-8-17)13-19-21(23(24)28)26-27-12-11-25-20(22(19)27)14-16-5-9-18(30-2)10-6-16/h3-10,20,25H,11-14H2,1-2H3,(H2,24,28). The SMILES string of the molecule is COc1ccc(Cc2c(C(N)=O)nn3c2C(Cc2ccc(OC)cc2)NCC3)cc1. The topological polar surface area (TPSA) is 91.4 Å². The number of nitrogens with two attached hydrogens (primary N) is 1. The van der Waals surface area contributed by atoms with Gasteiger partial charge in [-0.05, 0) is 41.8 Å². The molecule has 1 amide bonds. The lowest BCUT2D eigenvalue weighted by Crippen LogP contribution is -2.35. The first-order valence-electron chi connectivity index (χ1n) is 9.97. The number of nitrogens with one attached hydrogen (secondary N) is 1. The Kier molecular flexibility index (Phi) is 5.72. The average Bonchev–Trinajstić information content (AvgIpc) is 3.14. The Balaban J connectivity index is 1.68. The first-order valence-corrected chi connectivity index (χ1v) is 9.97. The van der Waals surface area contributed by atoms with Crippen molar-refractivity contribution in [3.8, 4) is 11.5 Å². The highest BCUT2D eigenvalue weighted by Gasteiger charge is 2.29. The maximum atomic E-state index is 12.2. The highest BCUT2D eigenvalue weighted by Crippen LogP contribution is 2.30. The number of carbonyl (C=O) groups excluding carboxylic acids is 1. The summed E-state index contributed by atoms with van der Waals surface area (Å²) in [6.07, 6.45) is 1.36. The van der Waals surface area contributed by atoms with E-state index < -0.39 is 5.91 Å². The van der Waals surface area contributed by atoms with E-state index in [1.807, 2.05) is 41.1 Å². The van der Waals surface area contributed by atoms with Crippen LogP contribution in [0.2, 0.25) is 0 Å². The molecule has 4 rings (SSSR count). The van der Waals surface area contributed by atoms with E-state index >= 15 is 0 Å². The number of primary amides is 1. The van der Waals surface area contributed by atoms with Crippen molar-refractivity contribution in [2.75, 3.05) is 20.8 Å². The van der Waals surface area contributed by atoms with Gasteiger partial charge in [-0.15, -0.1) is 0 Å². The molecule has 30 heavy (non-hydrogen) atoms. The number of ether oxygens (including phenoxy) is 2. The summed E-state index contributed by atoms with van der Waals surface area (Å²) in [5.74, 6) is 1.13. The van der Waals surface area contributed by atoms with Crippen LogP contribution in [0.4, 0.5) is 0 Å². The molecule has 0 spiro atoms. The summed E-state index contributed by atoms with van der Waals surface area (Å²) in [5.41, 5.74) is 10.2. The lowest BCUT2D eigenvalue weighted by atomic mass is 9.94. The van der Waals surface area contributed by atoms with Crippen LogP contribution in [-0.2, 0) is 19.4 Å². The third-order valence-electron chi connectivity index (χ3n) is 5.51. The Bertz CT molecular complexity index is 1030. The van der Waals surface area contributed by atoms with Crippen molar-refractivity contribution in [3.63, 3.8) is 0 Å². The van der Waals surface area contributed by atoms with Crippen molar-refractivity contribution >= 4 is 5.91 Å². The lowest BCUT2D eigenvalue weighted by molar-refractivity contribution is 0.0994. The minimum absolute atomic E-state index is 0.0426. The number of benzene rings is 2. The highest BCUT2D eigenvalue weighted by molar-refractivity contribution is 5.92. The van der Waals surface area contributed by atoms with E-state index in [2.05, 4.69) is 22.5 Å². The maximum absolute atomic E-state index is 12.2. The molecule has 0 bridgehead atoms. The molecule has 3 aromatic rings. The first-order chi connectivity index (χ1) is 14.6. The molecule has 0 saturated carbocycles. The van der Waals surface area contributed by atoms with Crippen LogP contribution in [0.1, 0.15) is 38.9 Å². The molecule has 0 saturated heterocycles. The van der Waals surface area contributed by atoms with Gasteiger partial charge in [0, 0.05) is 18.5 Å². The van der Waals surface area contributed by atoms with Crippen molar-refractivity contribution in [2.24, 2.45) is 5.73 Å². The molecule has 1 unspecified atom stereocenters. The van der Waals surface area contributed by atoms with Crippen LogP contribution in [0, 0.1) is 0 Å². The fourth-order valence-corrected chi connectivity index (χ4v) is 4.00. The molecule has 1 aliphatic rings. The van der Waals surface area contributed by atoms with Gasteiger partial charge < -0.3 is 20.5 Å². The number of hydrogen-bond acceptors (Lipinski definition) is 5. The van der Waals surface area contributed by atoms with Gasteiger partial charge >= 0.3 is 0 Å². The largest absolute Gasteiger partial charge is 0.497 e. The van der Waals surface area contributed by atoms with Gasteiger partial charge in [-0.3, -0.25) is 9.48 Å². The molecular formula is C23H26N4O3. The van der Waals surface area contributed by atoms with Crippen LogP contribution < -0.4 is 20.5 Å². The Labute approximate surface area is 175 Å². The number of amides is 1. The fourth-order valence-electron chi connectivity index (χ4n) is 4.00. The maximum Gasteiger partial charge on any atom is 0.269 e. The van der Waals surface area contributed by atoms with Crippen molar-refractivity contribution in [3.05, 3.63) is 76.6 Å². The van der Waals surface area contributed by atoms with E-state index in [-0.39, 0.29) is 6.04 Å². The van der Waals surface area contributed by atoms with Crippen LogP contribution >= 0.6 is 0 Å². The Morgan fingerprint density at radius 2 is 1.67 bits per heavy atom. The summed E-state index contributed by atoms with van der Waals surface area (Å²) in [6.45, 7) is 1.49. The Morgan fingerprint density at radius 1 is 1.07 bits per heavy atom. The summed E-state index contributed by atoms with van der Waals surface area (Å²) in [4.78, 5) is 12.2. The van der Waals surface area contributed by atoms with Gasteiger partial charge in [0.15, 0.2) is 5.69 Å². The first kappa shape index (κ1) is 20.0. The van der Waals surface area contributed by atoms with E-state index in [1.54, 1.807) is 14.2 Å². The molecule has 0 fully saturated rings. The minimum Gasteiger partial charge on any atom is -0.497 e. The molecule has 1 atom stereocenters. The van der Waals surface area contributed by atoms with Gasteiger partial charge in [0.1, 0.15) is 11.5 Å². The van der Waals surface area contributed by atoms with Gasteiger partial charge in [0.05, 0.1) is 32.5 Å².